The van der Waals surface area contributed by atoms with E-state index in [1.54, 1.807) is 0 Å². The second-order valence-electron chi connectivity index (χ2n) is 7.78. The Morgan fingerprint density at radius 3 is 2.47 bits per heavy atom. The third-order valence-corrected chi connectivity index (χ3v) is 6.70. The molecule has 30 heavy (non-hydrogen) atoms. The van der Waals surface area contributed by atoms with Crippen LogP contribution in [0.5, 0.6) is 23.1 Å². The predicted octanol–water partition coefficient (Wildman–Crippen LogP) is 5.64. The van der Waals surface area contributed by atoms with Gasteiger partial charge in [0.2, 0.25) is 5.88 Å². The van der Waals surface area contributed by atoms with Crippen LogP contribution in [0, 0.1) is 11.8 Å². The molecular weight excluding hydrogens is 396 g/mol. The number of rotatable bonds is 8. The highest BCUT2D eigenvalue weighted by atomic mass is 32.1. The van der Waals surface area contributed by atoms with Crippen LogP contribution in [0.2, 0.25) is 0 Å². The number of hydrogen-bond donors (Lipinski definition) is 2. The molecule has 2 N–H and O–H groups in total. The van der Waals surface area contributed by atoms with Crippen LogP contribution in [0.4, 0.5) is 5.13 Å². The van der Waals surface area contributed by atoms with E-state index in [0.717, 1.165) is 33.7 Å². The van der Waals surface area contributed by atoms with Gasteiger partial charge in [0.25, 0.3) is 0 Å². The smallest absolute Gasteiger partial charge is 0.227 e. The van der Waals surface area contributed by atoms with Crippen molar-refractivity contribution in [2.75, 3.05) is 11.9 Å². The molecule has 3 aromatic rings. The molecule has 5 nitrogen and oxygen atoms in total. The van der Waals surface area contributed by atoms with Crippen LogP contribution >= 0.6 is 11.3 Å². The minimum Gasteiger partial charge on any atom is -0.493 e. The Hall–Kier alpha value is -2.99. The average Bonchev–Trinajstić information content (AvgIpc) is 3.47. The van der Waals surface area contributed by atoms with E-state index in [-0.39, 0.29) is 5.88 Å². The Morgan fingerprint density at radius 1 is 0.967 bits per heavy atom. The summed E-state index contributed by atoms with van der Waals surface area (Å²) in [5, 5.41) is 14.5. The van der Waals surface area contributed by atoms with Crippen LogP contribution in [0.25, 0.3) is 0 Å². The first-order valence-corrected chi connectivity index (χ1v) is 11.1. The molecule has 6 heteroatoms. The van der Waals surface area contributed by atoms with E-state index < -0.39 is 0 Å². The molecule has 0 aliphatic heterocycles. The summed E-state index contributed by atoms with van der Waals surface area (Å²) in [4.78, 5) is 5.15. The lowest BCUT2D eigenvalue weighted by Crippen LogP contribution is -2.23. The predicted molar refractivity (Wildman–Crippen MR) is 119 cm³/mol. The monoisotopic (exact) mass is 420 g/mol. The molecule has 1 aromatic heterocycles. The SMILES string of the molecule is Oc1nc(NC2CC3C=CC2C3)sc1CCOc1ccc(Oc2ccccc2)cc1. The number of fused-ring (bicyclic) bond motifs is 2. The van der Waals surface area contributed by atoms with Gasteiger partial charge < -0.3 is 19.9 Å². The Balaban J connectivity index is 1.11. The van der Waals surface area contributed by atoms with Crippen molar-refractivity contribution in [2.45, 2.75) is 25.3 Å². The average molecular weight is 421 g/mol. The van der Waals surface area contributed by atoms with Gasteiger partial charge in [-0.25, -0.2) is 0 Å². The molecule has 0 radical (unpaired) electrons. The van der Waals surface area contributed by atoms with Crippen molar-refractivity contribution in [3.8, 4) is 23.1 Å². The highest BCUT2D eigenvalue weighted by Gasteiger charge is 2.36. The van der Waals surface area contributed by atoms with Crippen molar-refractivity contribution < 1.29 is 14.6 Å². The van der Waals surface area contributed by atoms with E-state index in [1.165, 1.54) is 17.8 Å². The van der Waals surface area contributed by atoms with Gasteiger partial charge in [-0.1, -0.05) is 41.7 Å². The molecule has 5 rings (SSSR count). The molecule has 3 unspecified atom stereocenters. The lowest BCUT2D eigenvalue weighted by atomic mass is 10.0. The van der Waals surface area contributed by atoms with E-state index in [1.807, 2.05) is 54.6 Å². The number of benzene rings is 2. The van der Waals surface area contributed by atoms with Crippen LogP contribution in [-0.4, -0.2) is 22.7 Å². The standard InChI is InChI=1S/C24H24N2O3S/c27-23-22(30-24(26-23)25-21-15-16-6-7-17(21)14-16)12-13-28-18-8-10-20(11-9-18)29-19-4-2-1-3-5-19/h1-11,16-17,21,27H,12-15H2,(H,25,26). The van der Waals surface area contributed by atoms with Crippen LogP contribution in [0.1, 0.15) is 17.7 Å². The molecule has 2 aliphatic rings. The van der Waals surface area contributed by atoms with Gasteiger partial charge in [-0.3, -0.25) is 0 Å². The summed E-state index contributed by atoms with van der Waals surface area (Å²) in [6.07, 6.45) is 7.65. The van der Waals surface area contributed by atoms with Crippen molar-refractivity contribution >= 4 is 16.5 Å². The van der Waals surface area contributed by atoms with Crippen molar-refractivity contribution in [1.82, 2.24) is 4.98 Å². The third-order valence-electron chi connectivity index (χ3n) is 5.66. The molecule has 0 saturated heterocycles. The van der Waals surface area contributed by atoms with Crippen LogP contribution < -0.4 is 14.8 Å². The summed E-state index contributed by atoms with van der Waals surface area (Å²) >= 11 is 1.52. The molecular formula is C24H24N2O3S. The first-order valence-electron chi connectivity index (χ1n) is 10.3. The van der Waals surface area contributed by atoms with E-state index in [0.29, 0.717) is 30.9 Å². The van der Waals surface area contributed by atoms with E-state index in [4.69, 9.17) is 9.47 Å². The summed E-state index contributed by atoms with van der Waals surface area (Å²) in [5.74, 6) is 3.75. The van der Waals surface area contributed by atoms with E-state index >= 15 is 0 Å². The fourth-order valence-electron chi connectivity index (χ4n) is 4.16. The van der Waals surface area contributed by atoms with E-state index in [9.17, 15) is 5.11 Å². The number of hydrogen-bond acceptors (Lipinski definition) is 6. The number of nitrogens with one attached hydrogen (secondary N) is 1. The van der Waals surface area contributed by atoms with Crippen molar-refractivity contribution in [3.63, 3.8) is 0 Å². The van der Waals surface area contributed by atoms with Gasteiger partial charge in [0.05, 0.1) is 11.5 Å². The molecule has 2 aromatic carbocycles. The molecule has 2 bridgehead atoms. The highest BCUT2D eigenvalue weighted by Crippen LogP contribution is 2.41. The van der Waals surface area contributed by atoms with Crippen molar-refractivity contribution in [3.05, 3.63) is 71.6 Å². The number of thiazole rings is 1. The summed E-state index contributed by atoms with van der Waals surface area (Å²) < 4.78 is 11.6. The third kappa shape index (κ3) is 4.28. The molecule has 2 aliphatic carbocycles. The number of nitrogens with zero attached hydrogens (tertiary/aromatic N) is 1. The number of aromatic hydroxyl groups is 1. The largest absolute Gasteiger partial charge is 0.493 e. The number of aromatic nitrogens is 1. The minimum atomic E-state index is 0.108. The van der Waals surface area contributed by atoms with Crippen LogP contribution in [0.3, 0.4) is 0 Å². The normalized spacial score (nSPS) is 21.7. The number of anilines is 1. The van der Waals surface area contributed by atoms with Gasteiger partial charge in [0.15, 0.2) is 5.13 Å². The fraction of sp³-hybridized carbons (Fsp3) is 0.292. The summed E-state index contributed by atoms with van der Waals surface area (Å²) in [6.45, 7) is 0.477. The molecule has 0 spiro atoms. The van der Waals surface area contributed by atoms with Gasteiger partial charge >= 0.3 is 0 Å². The van der Waals surface area contributed by atoms with E-state index in [2.05, 4.69) is 22.5 Å². The summed E-state index contributed by atoms with van der Waals surface area (Å²) in [7, 11) is 0. The van der Waals surface area contributed by atoms with Crippen molar-refractivity contribution in [1.29, 1.82) is 0 Å². The number of ether oxygens (including phenoxy) is 2. The Bertz CT molecular complexity index is 1020. The Kier molecular flexibility index (Phi) is 5.32. The lowest BCUT2D eigenvalue weighted by Gasteiger charge is -2.18. The lowest BCUT2D eigenvalue weighted by molar-refractivity contribution is 0.319. The number of allylic oxidation sites excluding steroid dienone is 1. The summed E-state index contributed by atoms with van der Waals surface area (Å²) in [6, 6.07) is 17.7. The molecule has 1 saturated carbocycles. The Morgan fingerprint density at radius 2 is 1.73 bits per heavy atom. The molecule has 1 heterocycles. The van der Waals surface area contributed by atoms with Gasteiger partial charge in [-0.2, -0.15) is 4.98 Å². The van der Waals surface area contributed by atoms with Crippen LogP contribution in [0.15, 0.2) is 66.7 Å². The fourth-order valence-corrected chi connectivity index (χ4v) is 5.06. The maximum absolute atomic E-state index is 10.2. The van der Waals surface area contributed by atoms with Gasteiger partial charge in [-0.05, 0) is 61.1 Å². The number of para-hydroxylation sites is 1. The topological polar surface area (TPSA) is 63.6 Å². The first kappa shape index (κ1) is 19.0. The zero-order chi connectivity index (χ0) is 20.3. The molecule has 0 amide bonds. The molecule has 3 atom stereocenters. The molecule has 154 valence electrons. The second kappa shape index (κ2) is 8.40. The van der Waals surface area contributed by atoms with Crippen molar-refractivity contribution in [2.24, 2.45) is 11.8 Å². The summed E-state index contributed by atoms with van der Waals surface area (Å²) in [5.41, 5.74) is 0. The zero-order valence-electron chi connectivity index (χ0n) is 16.5. The molecule has 1 fully saturated rings. The Labute approximate surface area is 180 Å². The first-order chi connectivity index (χ1) is 14.7. The maximum Gasteiger partial charge on any atom is 0.227 e. The van der Waals surface area contributed by atoms with Crippen LogP contribution in [-0.2, 0) is 6.42 Å². The second-order valence-corrected chi connectivity index (χ2v) is 8.87. The quantitative estimate of drug-likeness (QED) is 0.462. The van der Waals surface area contributed by atoms with Gasteiger partial charge in [0.1, 0.15) is 17.2 Å². The van der Waals surface area contributed by atoms with Gasteiger partial charge in [0, 0.05) is 12.5 Å². The van der Waals surface area contributed by atoms with Gasteiger partial charge in [-0.15, -0.1) is 0 Å². The minimum absolute atomic E-state index is 0.108. The maximum atomic E-state index is 10.2. The zero-order valence-corrected chi connectivity index (χ0v) is 17.3. The highest BCUT2D eigenvalue weighted by molar-refractivity contribution is 7.15.